The molecule has 0 unspecified atom stereocenters. The SMILES string of the molecule is Cc1cnc(CNCC(=O)N(C)C(C)C)cn1. The summed E-state index contributed by atoms with van der Waals surface area (Å²) in [7, 11) is 1.81. The van der Waals surface area contributed by atoms with Crippen LogP contribution in [0.5, 0.6) is 0 Å². The molecule has 0 saturated carbocycles. The van der Waals surface area contributed by atoms with Gasteiger partial charge in [0.15, 0.2) is 0 Å². The zero-order valence-electron chi connectivity index (χ0n) is 10.9. The second kappa shape index (κ2) is 6.30. The third-order valence-corrected chi connectivity index (χ3v) is 2.58. The van der Waals surface area contributed by atoms with Gasteiger partial charge in [0.1, 0.15) is 0 Å². The zero-order valence-corrected chi connectivity index (χ0v) is 10.9. The van der Waals surface area contributed by atoms with Crippen LogP contribution >= 0.6 is 0 Å². The van der Waals surface area contributed by atoms with E-state index in [1.165, 1.54) is 0 Å². The molecule has 1 heterocycles. The van der Waals surface area contributed by atoms with Crippen molar-refractivity contribution in [1.29, 1.82) is 0 Å². The van der Waals surface area contributed by atoms with Crippen LogP contribution in [-0.2, 0) is 11.3 Å². The lowest BCUT2D eigenvalue weighted by Gasteiger charge is -2.21. The number of likely N-dealkylation sites (N-methyl/N-ethyl adjacent to an activating group) is 1. The summed E-state index contributed by atoms with van der Waals surface area (Å²) in [6, 6.07) is 0.225. The van der Waals surface area contributed by atoms with Crippen LogP contribution in [0.25, 0.3) is 0 Å². The van der Waals surface area contributed by atoms with E-state index in [1.54, 1.807) is 24.3 Å². The molecule has 0 aliphatic heterocycles. The normalized spacial score (nSPS) is 10.6. The number of carbonyl (C=O) groups excluding carboxylic acids is 1. The third-order valence-electron chi connectivity index (χ3n) is 2.58. The molecule has 0 spiro atoms. The van der Waals surface area contributed by atoms with Crippen molar-refractivity contribution >= 4 is 5.91 Å². The molecule has 5 heteroatoms. The fourth-order valence-electron chi connectivity index (χ4n) is 1.22. The quantitative estimate of drug-likeness (QED) is 0.819. The highest BCUT2D eigenvalue weighted by atomic mass is 16.2. The van der Waals surface area contributed by atoms with Gasteiger partial charge in [-0.1, -0.05) is 0 Å². The van der Waals surface area contributed by atoms with E-state index in [9.17, 15) is 4.79 Å². The number of hydrogen-bond acceptors (Lipinski definition) is 4. The Kier molecular flexibility index (Phi) is 5.03. The Morgan fingerprint density at radius 1 is 1.41 bits per heavy atom. The molecule has 0 bridgehead atoms. The minimum atomic E-state index is 0.0834. The van der Waals surface area contributed by atoms with Gasteiger partial charge in [0.2, 0.25) is 5.91 Å². The number of nitrogens with one attached hydrogen (secondary N) is 1. The van der Waals surface area contributed by atoms with Gasteiger partial charge in [0.05, 0.1) is 17.9 Å². The number of carbonyl (C=O) groups is 1. The van der Waals surface area contributed by atoms with Crippen molar-refractivity contribution in [2.45, 2.75) is 33.4 Å². The number of nitrogens with zero attached hydrogens (tertiary/aromatic N) is 3. The van der Waals surface area contributed by atoms with Crippen LogP contribution < -0.4 is 5.32 Å². The minimum Gasteiger partial charge on any atom is -0.342 e. The smallest absolute Gasteiger partial charge is 0.236 e. The van der Waals surface area contributed by atoms with Crippen molar-refractivity contribution in [1.82, 2.24) is 20.2 Å². The molecule has 0 radical (unpaired) electrons. The van der Waals surface area contributed by atoms with Gasteiger partial charge < -0.3 is 10.2 Å². The second-order valence-electron chi connectivity index (χ2n) is 4.35. The van der Waals surface area contributed by atoms with Crippen molar-refractivity contribution in [3.05, 3.63) is 23.8 Å². The topological polar surface area (TPSA) is 58.1 Å². The lowest BCUT2D eigenvalue weighted by atomic mass is 10.3. The average molecular weight is 236 g/mol. The van der Waals surface area contributed by atoms with Crippen LogP contribution in [0.3, 0.4) is 0 Å². The first-order chi connectivity index (χ1) is 8.00. The van der Waals surface area contributed by atoms with E-state index >= 15 is 0 Å². The fraction of sp³-hybridized carbons (Fsp3) is 0.583. The maximum atomic E-state index is 11.7. The maximum absolute atomic E-state index is 11.7. The number of amides is 1. The van der Waals surface area contributed by atoms with Gasteiger partial charge in [-0.3, -0.25) is 14.8 Å². The van der Waals surface area contributed by atoms with E-state index in [1.807, 2.05) is 20.8 Å². The van der Waals surface area contributed by atoms with Crippen molar-refractivity contribution in [2.75, 3.05) is 13.6 Å². The Labute approximate surface area is 102 Å². The summed E-state index contributed by atoms with van der Waals surface area (Å²) in [4.78, 5) is 21.7. The van der Waals surface area contributed by atoms with Crippen LogP contribution in [0.4, 0.5) is 0 Å². The van der Waals surface area contributed by atoms with Crippen LogP contribution in [-0.4, -0.2) is 40.4 Å². The molecule has 1 aromatic heterocycles. The number of aryl methyl sites for hydroxylation is 1. The molecule has 0 saturated heterocycles. The molecule has 1 aromatic rings. The minimum absolute atomic E-state index is 0.0834. The summed E-state index contributed by atoms with van der Waals surface area (Å²) >= 11 is 0. The Balaban J connectivity index is 2.33. The van der Waals surface area contributed by atoms with Gasteiger partial charge in [-0.15, -0.1) is 0 Å². The maximum Gasteiger partial charge on any atom is 0.236 e. The predicted octanol–water partition coefficient (Wildman–Crippen LogP) is 0.741. The number of aromatic nitrogens is 2. The molecule has 1 N–H and O–H groups in total. The fourth-order valence-corrected chi connectivity index (χ4v) is 1.22. The third kappa shape index (κ3) is 4.48. The van der Waals surface area contributed by atoms with Gasteiger partial charge in [0.25, 0.3) is 0 Å². The van der Waals surface area contributed by atoms with Crippen LogP contribution in [0, 0.1) is 6.92 Å². The summed E-state index contributed by atoms with van der Waals surface area (Å²) in [5, 5.41) is 3.06. The lowest BCUT2D eigenvalue weighted by Crippen LogP contribution is -2.39. The Hall–Kier alpha value is -1.49. The molecular formula is C12H20N4O. The Bertz CT molecular complexity index is 361. The summed E-state index contributed by atoms with van der Waals surface area (Å²) in [6.45, 7) is 6.76. The van der Waals surface area contributed by atoms with Crippen molar-refractivity contribution in [2.24, 2.45) is 0 Å². The van der Waals surface area contributed by atoms with Crippen LogP contribution in [0.15, 0.2) is 12.4 Å². The van der Waals surface area contributed by atoms with Gasteiger partial charge >= 0.3 is 0 Å². The molecular weight excluding hydrogens is 216 g/mol. The summed E-state index contributed by atoms with van der Waals surface area (Å²) in [5.41, 5.74) is 1.74. The Morgan fingerprint density at radius 3 is 2.65 bits per heavy atom. The predicted molar refractivity (Wildman–Crippen MR) is 66.4 cm³/mol. The highest BCUT2D eigenvalue weighted by Gasteiger charge is 2.10. The highest BCUT2D eigenvalue weighted by Crippen LogP contribution is 1.95. The van der Waals surface area contributed by atoms with E-state index in [4.69, 9.17) is 0 Å². The monoisotopic (exact) mass is 236 g/mol. The van der Waals surface area contributed by atoms with E-state index in [0.29, 0.717) is 13.1 Å². The van der Waals surface area contributed by atoms with Gasteiger partial charge in [-0.25, -0.2) is 0 Å². The van der Waals surface area contributed by atoms with Crippen molar-refractivity contribution in [3.8, 4) is 0 Å². The molecule has 17 heavy (non-hydrogen) atoms. The lowest BCUT2D eigenvalue weighted by molar-refractivity contribution is -0.130. The number of rotatable bonds is 5. The zero-order chi connectivity index (χ0) is 12.8. The molecule has 94 valence electrons. The molecule has 1 rings (SSSR count). The molecule has 0 aliphatic carbocycles. The summed E-state index contributed by atoms with van der Waals surface area (Å²) in [6.07, 6.45) is 3.44. The molecule has 5 nitrogen and oxygen atoms in total. The van der Waals surface area contributed by atoms with E-state index in [2.05, 4.69) is 15.3 Å². The van der Waals surface area contributed by atoms with Crippen LogP contribution in [0.1, 0.15) is 25.2 Å². The van der Waals surface area contributed by atoms with E-state index in [0.717, 1.165) is 11.4 Å². The molecule has 0 aliphatic rings. The van der Waals surface area contributed by atoms with Gasteiger partial charge in [0, 0.05) is 32.0 Å². The highest BCUT2D eigenvalue weighted by molar-refractivity contribution is 5.78. The molecule has 1 amide bonds. The standard InChI is InChI=1S/C12H20N4O/c1-9(2)16(4)12(17)8-13-6-11-7-14-10(3)5-15-11/h5,7,9,13H,6,8H2,1-4H3. The van der Waals surface area contributed by atoms with E-state index < -0.39 is 0 Å². The summed E-state index contributed by atoms with van der Waals surface area (Å²) < 4.78 is 0. The average Bonchev–Trinajstić information content (AvgIpc) is 2.30. The molecule has 0 fully saturated rings. The first kappa shape index (κ1) is 13.6. The Morgan fingerprint density at radius 2 is 2.12 bits per heavy atom. The van der Waals surface area contributed by atoms with Gasteiger partial charge in [-0.2, -0.15) is 0 Å². The summed E-state index contributed by atoms with van der Waals surface area (Å²) in [5.74, 6) is 0.0834. The first-order valence-electron chi connectivity index (χ1n) is 5.74. The second-order valence-corrected chi connectivity index (χ2v) is 4.35. The largest absolute Gasteiger partial charge is 0.342 e. The van der Waals surface area contributed by atoms with Crippen molar-refractivity contribution in [3.63, 3.8) is 0 Å². The van der Waals surface area contributed by atoms with Gasteiger partial charge in [-0.05, 0) is 20.8 Å². The van der Waals surface area contributed by atoms with Crippen LogP contribution in [0.2, 0.25) is 0 Å². The van der Waals surface area contributed by atoms with Crippen molar-refractivity contribution < 1.29 is 4.79 Å². The molecule has 0 atom stereocenters. The first-order valence-corrected chi connectivity index (χ1v) is 5.74. The molecule has 0 aromatic carbocycles. The number of hydrogen-bond donors (Lipinski definition) is 1. The van der Waals surface area contributed by atoms with E-state index in [-0.39, 0.29) is 11.9 Å².